The molecule has 0 saturated carbocycles. The van der Waals surface area contributed by atoms with Gasteiger partial charge in [-0.3, -0.25) is 4.79 Å². The minimum atomic E-state index is -0.0810. The molecule has 0 aliphatic carbocycles. The van der Waals surface area contributed by atoms with Gasteiger partial charge in [0.05, 0.1) is 16.3 Å². The van der Waals surface area contributed by atoms with Crippen LogP contribution in [0.1, 0.15) is 27.9 Å². The Morgan fingerprint density at radius 1 is 1.29 bits per heavy atom. The number of amides is 1. The molecule has 108 valence electrons. The second-order valence-corrected chi connectivity index (χ2v) is 5.79. The summed E-state index contributed by atoms with van der Waals surface area (Å²) in [5.41, 5.74) is 10.2. The van der Waals surface area contributed by atoms with E-state index in [9.17, 15) is 4.79 Å². The van der Waals surface area contributed by atoms with E-state index in [4.69, 9.17) is 17.3 Å². The average molecular weight is 301 g/mol. The van der Waals surface area contributed by atoms with E-state index < -0.39 is 0 Å². The van der Waals surface area contributed by atoms with Gasteiger partial charge >= 0.3 is 0 Å². The van der Waals surface area contributed by atoms with Gasteiger partial charge in [0.15, 0.2) is 0 Å². The van der Waals surface area contributed by atoms with Gasteiger partial charge in [-0.15, -0.1) is 0 Å². The number of carbonyl (C=O) groups is 1. The molecule has 0 bridgehead atoms. The number of nitrogens with zero attached hydrogens (tertiary/aromatic N) is 1. The Balaban J connectivity index is 2.06. The molecule has 2 N–H and O–H groups in total. The second kappa shape index (κ2) is 5.41. The van der Waals surface area contributed by atoms with Crippen LogP contribution in [0.3, 0.4) is 0 Å². The monoisotopic (exact) mass is 300 g/mol. The molecule has 3 nitrogen and oxygen atoms in total. The fraction of sp³-hybridized carbons (Fsp3) is 0.235. The summed E-state index contributed by atoms with van der Waals surface area (Å²) in [6, 6.07) is 11.2. The maximum Gasteiger partial charge on any atom is 0.259 e. The van der Waals surface area contributed by atoms with Crippen LogP contribution in [0.25, 0.3) is 0 Å². The molecule has 1 aliphatic heterocycles. The van der Waals surface area contributed by atoms with Gasteiger partial charge in [0.2, 0.25) is 0 Å². The highest BCUT2D eigenvalue weighted by Gasteiger charge is 2.26. The minimum Gasteiger partial charge on any atom is -0.399 e. The Hall–Kier alpha value is -2.00. The number of carbonyl (C=O) groups excluding carboxylic acids is 1. The van der Waals surface area contributed by atoms with Crippen molar-refractivity contribution in [1.29, 1.82) is 0 Å². The highest BCUT2D eigenvalue weighted by atomic mass is 35.5. The summed E-state index contributed by atoms with van der Waals surface area (Å²) in [6.07, 6.45) is 1.97. The molecule has 0 spiro atoms. The number of anilines is 2. The zero-order chi connectivity index (χ0) is 15.0. The number of fused-ring (bicyclic) bond motifs is 1. The van der Waals surface area contributed by atoms with Crippen molar-refractivity contribution in [3.63, 3.8) is 0 Å². The van der Waals surface area contributed by atoms with Crippen molar-refractivity contribution in [2.24, 2.45) is 0 Å². The number of nitrogen functional groups attached to an aromatic ring is 1. The van der Waals surface area contributed by atoms with E-state index >= 15 is 0 Å². The first-order valence-electron chi connectivity index (χ1n) is 7.03. The zero-order valence-electron chi connectivity index (χ0n) is 11.9. The number of para-hydroxylation sites is 1. The van der Waals surface area contributed by atoms with Crippen LogP contribution >= 0.6 is 11.6 Å². The zero-order valence-corrected chi connectivity index (χ0v) is 12.7. The molecule has 21 heavy (non-hydrogen) atoms. The van der Waals surface area contributed by atoms with Gasteiger partial charge in [-0.2, -0.15) is 0 Å². The molecule has 1 heterocycles. The van der Waals surface area contributed by atoms with Crippen molar-refractivity contribution < 1.29 is 4.79 Å². The molecule has 0 unspecified atom stereocenters. The molecule has 0 radical (unpaired) electrons. The summed E-state index contributed by atoms with van der Waals surface area (Å²) in [5, 5.41) is 0.440. The molecule has 0 saturated heterocycles. The van der Waals surface area contributed by atoms with Crippen LogP contribution in [0.4, 0.5) is 11.4 Å². The Morgan fingerprint density at radius 2 is 2.10 bits per heavy atom. The molecule has 2 aromatic rings. The third kappa shape index (κ3) is 2.49. The predicted molar refractivity (Wildman–Crippen MR) is 87.0 cm³/mol. The SMILES string of the molecule is Cc1cccc2c1N(C(=O)c1cc(N)ccc1Cl)CCC2. The lowest BCUT2D eigenvalue weighted by Crippen LogP contribution is -2.36. The van der Waals surface area contributed by atoms with E-state index in [0.29, 0.717) is 22.8 Å². The lowest BCUT2D eigenvalue weighted by Gasteiger charge is -2.31. The number of aryl methyl sites for hydroxylation is 2. The fourth-order valence-electron chi connectivity index (χ4n) is 2.90. The second-order valence-electron chi connectivity index (χ2n) is 5.38. The van der Waals surface area contributed by atoms with Gasteiger partial charge in [-0.1, -0.05) is 29.8 Å². The molecule has 0 aromatic heterocycles. The van der Waals surface area contributed by atoms with Crippen LogP contribution in [0.2, 0.25) is 5.02 Å². The van der Waals surface area contributed by atoms with Gasteiger partial charge in [-0.25, -0.2) is 0 Å². The third-order valence-electron chi connectivity index (χ3n) is 3.89. The summed E-state index contributed by atoms with van der Waals surface area (Å²) in [4.78, 5) is 14.7. The Labute approximate surface area is 129 Å². The van der Waals surface area contributed by atoms with Gasteiger partial charge in [0, 0.05) is 12.2 Å². The molecule has 0 atom stereocenters. The maximum atomic E-state index is 12.9. The molecular formula is C17H17ClN2O. The van der Waals surface area contributed by atoms with Crippen molar-refractivity contribution in [1.82, 2.24) is 0 Å². The number of nitrogens with two attached hydrogens (primary N) is 1. The normalized spacial score (nSPS) is 13.9. The highest BCUT2D eigenvalue weighted by Crippen LogP contribution is 2.33. The Bertz CT molecular complexity index is 712. The van der Waals surface area contributed by atoms with E-state index in [1.807, 2.05) is 24.0 Å². The molecule has 0 fully saturated rings. The summed E-state index contributed by atoms with van der Waals surface area (Å²) in [6.45, 7) is 2.74. The van der Waals surface area contributed by atoms with Crippen molar-refractivity contribution >= 4 is 28.9 Å². The summed E-state index contributed by atoms with van der Waals surface area (Å²) in [5.74, 6) is -0.0810. The number of hydrogen-bond acceptors (Lipinski definition) is 2. The van der Waals surface area contributed by atoms with Crippen molar-refractivity contribution in [2.75, 3.05) is 17.2 Å². The number of halogens is 1. The van der Waals surface area contributed by atoms with Crippen LogP contribution < -0.4 is 10.6 Å². The van der Waals surface area contributed by atoms with E-state index in [0.717, 1.165) is 24.1 Å². The van der Waals surface area contributed by atoms with Crippen molar-refractivity contribution in [3.8, 4) is 0 Å². The quantitative estimate of drug-likeness (QED) is 0.814. The first kappa shape index (κ1) is 14.0. The van der Waals surface area contributed by atoms with Crippen LogP contribution in [0, 0.1) is 6.92 Å². The van der Waals surface area contributed by atoms with Crippen LogP contribution in [0.5, 0.6) is 0 Å². The summed E-state index contributed by atoms with van der Waals surface area (Å²) < 4.78 is 0. The van der Waals surface area contributed by atoms with E-state index in [2.05, 4.69) is 6.07 Å². The Morgan fingerprint density at radius 3 is 2.90 bits per heavy atom. The van der Waals surface area contributed by atoms with Gasteiger partial charge < -0.3 is 10.6 Å². The van der Waals surface area contributed by atoms with Crippen molar-refractivity contribution in [3.05, 3.63) is 58.1 Å². The smallest absolute Gasteiger partial charge is 0.259 e. The summed E-state index contributed by atoms with van der Waals surface area (Å²) in [7, 11) is 0. The van der Waals surface area contributed by atoms with E-state index in [-0.39, 0.29) is 5.91 Å². The van der Waals surface area contributed by atoms with Crippen molar-refractivity contribution in [2.45, 2.75) is 19.8 Å². The standard InChI is InChI=1S/C17H17ClN2O/c1-11-4-2-5-12-6-3-9-20(16(11)12)17(21)14-10-13(19)7-8-15(14)18/h2,4-5,7-8,10H,3,6,9,19H2,1H3. The third-order valence-corrected chi connectivity index (χ3v) is 4.21. The highest BCUT2D eigenvalue weighted by molar-refractivity contribution is 6.34. The first-order valence-corrected chi connectivity index (χ1v) is 7.41. The largest absolute Gasteiger partial charge is 0.399 e. The van der Waals surface area contributed by atoms with E-state index in [1.165, 1.54) is 5.56 Å². The van der Waals surface area contributed by atoms with Gasteiger partial charge in [0.1, 0.15) is 0 Å². The van der Waals surface area contributed by atoms with Crippen LogP contribution in [-0.4, -0.2) is 12.5 Å². The minimum absolute atomic E-state index is 0.0810. The maximum absolute atomic E-state index is 12.9. The fourth-order valence-corrected chi connectivity index (χ4v) is 3.10. The summed E-state index contributed by atoms with van der Waals surface area (Å²) >= 11 is 6.17. The average Bonchev–Trinajstić information content (AvgIpc) is 2.49. The molecular weight excluding hydrogens is 284 g/mol. The van der Waals surface area contributed by atoms with E-state index in [1.54, 1.807) is 18.2 Å². The van der Waals surface area contributed by atoms with Gasteiger partial charge in [-0.05, 0) is 49.1 Å². The van der Waals surface area contributed by atoms with Gasteiger partial charge in [0.25, 0.3) is 5.91 Å². The molecule has 1 amide bonds. The van der Waals surface area contributed by atoms with Crippen LogP contribution in [-0.2, 0) is 6.42 Å². The molecule has 2 aromatic carbocycles. The predicted octanol–water partition coefficient (Wildman–Crippen LogP) is 3.82. The lowest BCUT2D eigenvalue weighted by atomic mass is 9.97. The lowest BCUT2D eigenvalue weighted by molar-refractivity contribution is 0.0985. The molecule has 4 heteroatoms. The Kier molecular flexibility index (Phi) is 3.60. The number of rotatable bonds is 1. The first-order chi connectivity index (χ1) is 10.1. The molecule has 1 aliphatic rings. The van der Waals surface area contributed by atoms with Crippen LogP contribution in [0.15, 0.2) is 36.4 Å². The number of hydrogen-bond donors (Lipinski definition) is 1. The number of benzene rings is 2. The molecule has 3 rings (SSSR count). The topological polar surface area (TPSA) is 46.3 Å².